The molecule has 1 aromatic heterocycles. The van der Waals surface area contributed by atoms with Gasteiger partial charge in [0.25, 0.3) is 10.0 Å². The highest BCUT2D eigenvalue weighted by Gasteiger charge is 2.34. The van der Waals surface area contributed by atoms with Crippen LogP contribution in [-0.4, -0.2) is 55.0 Å². The van der Waals surface area contributed by atoms with E-state index in [0.717, 1.165) is 11.3 Å². The van der Waals surface area contributed by atoms with Crippen LogP contribution >= 0.6 is 11.3 Å². The number of piperidine rings is 1. The van der Waals surface area contributed by atoms with Gasteiger partial charge in [0.2, 0.25) is 0 Å². The maximum absolute atomic E-state index is 12.6. The molecular weight excluding hydrogens is 392 g/mol. The second-order valence-corrected chi connectivity index (χ2v) is 9.36. The molecule has 10 heteroatoms. The number of aliphatic hydroxyl groups excluding tert-OH is 1. The van der Waals surface area contributed by atoms with E-state index in [1.165, 1.54) is 24.2 Å². The van der Waals surface area contributed by atoms with Crippen LogP contribution in [0.15, 0.2) is 33.1 Å². The molecule has 0 spiro atoms. The van der Waals surface area contributed by atoms with Crippen LogP contribution in [0.5, 0.6) is 0 Å². The molecule has 0 radical (unpaired) electrons. The number of hydrogen-bond donors (Lipinski definition) is 2. The molecule has 27 heavy (non-hydrogen) atoms. The van der Waals surface area contributed by atoms with Crippen molar-refractivity contribution in [1.82, 2.24) is 4.31 Å². The van der Waals surface area contributed by atoms with Crippen molar-refractivity contribution in [2.75, 3.05) is 19.7 Å². The molecule has 148 valence electrons. The van der Waals surface area contributed by atoms with Crippen molar-refractivity contribution < 1.29 is 27.9 Å². The Morgan fingerprint density at radius 2 is 2.11 bits per heavy atom. The highest BCUT2D eigenvalue weighted by Crippen LogP contribution is 2.27. The Bertz CT molecular complexity index is 842. The fourth-order valence-electron chi connectivity index (χ4n) is 2.90. The maximum Gasteiger partial charge on any atom is 0.310 e. The SMILES string of the molecule is CC(=N)/C(C(C)=O)=C(/O)COC(=O)C1CCCN(S(=O)(=O)c2cccs2)C1. The number of carbonyl (C=O) groups excluding carboxylic acids is 2. The summed E-state index contributed by atoms with van der Waals surface area (Å²) in [5, 5.41) is 19.1. The van der Waals surface area contributed by atoms with Crippen molar-refractivity contribution in [3.05, 3.63) is 28.8 Å². The molecule has 2 rings (SSSR count). The first-order valence-electron chi connectivity index (χ1n) is 8.33. The second kappa shape index (κ2) is 8.77. The van der Waals surface area contributed by atoms with Crippen molar-refractivity contribution in [1.29, 1.82) is 5.41 Å². The summed E-state index contributed by atoms with van der Waals surface area (Å²) in [5.41, 5.74) is -0.310. The molecule has 0 bridgehead atoms. The number of ketones is 1. The highest BCUT2D eigenvalue weighted by molar-refractivity contribution is 7.91. The van der Waals surface area contributed by atoms with Crippen molar-refractivity contribution in [3.8, 4) is 0 Å². The van der Waals surface area contributed by atoms with Gasteiger partial charge < -0.3 is 15.3 Å². The molecule has 1 aliphatic heterocycles. The van der Waals surface area contributed by atoms with Crippen LogP contribution in [-0.2, 0) is 24.3 Å². The summed E-state index contributed by atoms with van der Waals surface area (Å²) in [6, 6.07) is 3.17. The molecule has 0 aliphatic carbocycles. The van der Waals surface area contributed by atoms with Crippen molar-refractivity contribution in [3.63, 3.8) is 0 Å². The number of esters is 1. The van der Waals surface area contributed by atoms with Gasteiger partial charge in [-0.1, -0.05) is 6.07 Å². The van der Waals surface area contributed by atoms with Gasteiger partial charge in [0.05, 0.1) is 11.5 Å². The maximum atomic E-state index is 12.6. The minimum absolute atomic E-state index is 0.00665. The lowest BCUT2D eigenvalue weighted by Gasteiger charge is -2.30. The summed E-state index contributed by atoms with van der Waals surface area (Å²) in [5.74, 6) is -2.27. The fraction of sp³-hybridized carbons (Fsp3) is 0.471. The van der Waals surface area contributed by atoms with Crippen LogP contribution in [0, 0.1) is 11.3 Å². The monoisotopic (exact) mass is 414 g/mol. The normalized spacial score (nSPS) is 19.3. The lowest BCUT2D eigenvalue weighted by molar-refractivity contribution is -0.149. The lowest BCUT2D eigenvalue weighted by Crippen LogP contribution is -2.42. The Kier molecular flexibility index (Phi) is 6.90. The van der Waals surface area contributed by atoms with Gasteiger partial charge in [-0.2, -0.15) is 4.31 Å². The summed E-state index contributed by atoms with van der Waals surface area (Å²) in [7, 11) is -3.64. The van der Waals surface area contributed by atoms with Crippen LogP contribution in [0.2, 0.25) is 0 Å². The van der Waals surface area contributed by atoms with Gasteiger partial charge in [0, 0.05) is 18.8 Å². The Morgan fingerprint density at radius 1 is 1.41 bits per heavy atom. The summed E-state index contributed by atoms with van der Waals surface area (Å²) in [4.78, 5) is 23.8. The first-order chi connectivity index (χ1) is 12.6. The zero-order chi connectivity index (χ0) is 20.2. The topological polar surface area (TPSA) is 125 Å². The van der Waals surface area contributed by atoms with Gasteiger partial charge in [-0.25, -0.2) is 8.42 Å². The molecule has 0 amide bonds. The molecule has 0 aromatic carbocycles. The molecule has 2 N–H and O–H groups in total. The molecule has 0 saturated carbocycles. The van der Waals surface area contributed by atoms with Gasteiger partial charge in [-0.15, -0.1) is 11.3 Å². The molecule has 1 fully saturated rings. The summed E-state index contributed by atoms with van der Waals surface area (Å²) < 4.78 is 31.8. The van der Waals surface area contributed by atoms with Crippen LogP contribution in [0.4, 0.5) is 0 Å². The van der Waals surface area contributed by atoms with E-state index in [2.05, 4.69) is 0 Å². The van der Waals surface area contributed by atoms with Gasteiger partial charge in [-0.3, -0.25) is 9.59 Å². The Balaban J connectivity index is 2.04. The number of nitrogens with one attached hydrogen (secondary N) is 1. The predicted molar refractivity (Wildman–Crippen MR) is 100 cm³/mol. The van der Waals surface area contributed by atoms with Crippen LogP contribution in [0.1, 0.15) is 26.7 Å². The number of thiophene rings is 1. The van der Waals surface area contributed by atoms with Crippen molar-refractivity contribution in [2.24, 2.45) is 5.92 Å². The summed E-state index contributed by atoms with van der Waals surface area (Å²) in [6.45, 7) is 2.37. The third-order valence-electron chi connectivity index (χ3n) is 4.17. The molecule has 1 aliphatic rings. The van der Waals surface area contributed by atoms with E-state index < -0.39 is 40.1 Å². The standard InChI is InChI=1S/C17H22N2O6S2/c1-11(18)16(12(2)20)14(21)10-25-17(22)13-5-3-7-19(9-13)27(23,24)15-6-4-8-26-15/h4,6,8,13,18,21H,3,5,7,9-10H2,1-2H3/b16-14-,18-11?. The first-order valence-corrected chi connectivity index (χ1v) is 10.7. The number of ether oxygens (including phenoxy) is 1. The third kappa shape index (κ3) is 5.02. The number of rotatable bonds is 7. The number of nitrogens with zero attached hydrogens (tertiary/aromatic N) is 1. The Morgan fingerprint density at radius 3 is 2.67 bits per heavy atom. The van der Waals surface area contributed by atoms with E-state index in [1.807, 2.05) is 0 Å². The van der Waals surface area contributed by atoms with Crippen molar-refractivity contribution >= 4 is 38.8 Å². The highest BCUT2D eigenvalue weighted by atomic mass is 32.2. The molecule has 1 saturated heterocycles. The zero-order valence-corrected chi connectivity index (χ0v) is 16.7. The first kappa shape index (κ1) is 21.3. The average molecular weight is 415 g/mol. The molecule has 1 unspecified atom stereocenters. The number of aliphatic hydroxyl groups is 1. The number of hydrogen-bond acceptors (Lipinski definition) is 8. The molecule has 1 aromatic rings. The van der Waals surface area contributed by atoms with Gasteiger partial charge in [-0.05, 0) is 38.1 Å². The summed E-state index contributed by atoms with van der Waals surface area (Å²) >= 11 is 1.12. The van der Waals surface area contributed by atoms with E-state index in [9.17, 15) is 23.1 Å². The fourth-order valence-corrected chi connectivity index (χ4v) is 5.57. The largest absolute Gasteiger partial charge is 0.508 e. The third-order valence-corrected chi connectivity index (χ3v) is 7.41. The quantitative estimate of drug-likeness (QED) is 0.305. The predicted octanol–water partition coefficient (Wildman–Crippen LogP) is 2.13. The second-order valence-electron chi connectivity index (χ2n) is 6.24. The molecule has 8 nitrogen and oxygen atoms in total. The lowest BCUT2D eigenvalue weighted by atomic mass is 10.00. The number of Topliss-reactive ketones (excluding diaryl/α,β-unsaturated/α-hetero) is 1. The van der Waals surface area contributed by atoms with Crippen LogP contribution in [0.3, 0.4) is 0 Å². The van der Waals surface area contributed by atoms with E-state index in [0.29, 0.717) is 19.4 Å². The van der Waals surface area contributed by atoms with Gasteiger partial charge >= 0.3 is 5.97 Å². The Hall–Kier alpha value is -2.04. The average Bonchev–Trinajstić information content (AvgIpc) is 3.14. The van der Waals surface area contributed by atoms with Gasteiger partial charge in [0.15, 0.2) is 5.78 Å². The number of sulfonamides is 1. The minimum atomic E-state index is -3.64. The minimum Gasteiger partial charge on any atom is -0.508 e. The molecule has 1 atom stereocenters. The van der Waals surface area contributed by atoms with E-state index >= 15 is 0 Å². The number of allylic oxidation sites excluding steroid dienone is 1. The zero-order valence-electron chi connectivity index (χ0n) is 15.1. The Labute approximate surface area is 162 Å². The van der Waals surface area contributed by atoms with Crippen LogP contribution < -0.4 is 0 Å². The summed E-state index contributed by atoms with van der Waals surface area (Å²) in [6.07, 6.45) is 0.993. The number of carbonyl (C=O) groups is 2. The van der Waals surface area contributed by atoms with E-state index in [4.69, 9.17) is 10.1 Å². The van der Waals surface area contributed by atoms with E-state index in [-0.39, 0.29) is 22.0 Å². The van der Waals surface area contributed by atoms with Crippen molar-refractivity contribution in [2.45, 2.75) is 30.9 Å². The van der Waals surface area contributed by atoms with Crippen LogP contribution in [0.25, 0.3) is 0 Å². The van der Waals surface area contributed by atoms with E-state index in [1.54, 1.807) is 11.4 Å². The molecule has 2 heterocycles. The van der Waals surface area contributed by atoms with Gasteiger partial charge in [0.1, 0.15) is 16.6 Å². The molecular formula is C17H22N2O6S2. The smallest absolute Gasteiger partial charge is 0.310 e.